The second-order valence-electron chi connectivity index (χ2n) is 5.84. The molecule has 0 aliphatic rings. The first-order valence-corrected chi connectivity index (χ1v) is 8.04. The standard InChI is InChI=1S/C20H17N3O/c1-3-23-11-10-14-12-15(8-9-18(14)23)20(24)19-16-6-4-5-7-17(16)21-13(2)22-19/h4-12H,3H2,1-2H3. The van der Waals surface area contributed by atoms with Crippen LogP contribution >= 0.6 is 0 Å². The molecule has 2 heterocycles. The number of para-hydroxylation sites is 1. The summed E-state index contributed by atoms with van der Waals surface area (Å²) >= 11 is 0. The van der Waals surface area contributed by atoms with Gasteiger partial charge in [-0.1, -0.05) is 18.2 Å². The fourth-order valence-electron chi connectivity index (χ4n) is 3.12. The average molecular weight is 315 g/mol. The van der Waals surface area contributed by atoms with Crippen LogP contribution in [0.1, 0.15) is 28.8 Å². The molecule has 0 aliphatic heterocycles. The van der Waals surface area contributed by atoms with Crippen molar-refractivity contribution in [2.24, 2.45) is 0 Å². The molecule has 0 unspecified atom stereocenters. The maximum atomic E-state index is 13.0. The van der Waals surface area contributed by atoms with Gasteiger partial charge in [0.15, 0.2) is 0 Å². The van der Waals surface area contributed by atoms with Gasteiger partial charge in [-0.05, 0) is 44.2 Å². The maximum Gasteiger partial charge on any atom is 0.212 e. The van der Waals surface area contributed by atoms with E-state index in [9.17, 15) is 4.79 Å². The Labute approximate surface area is 139 Å². The fourth-order valence-corrected chi connectivity index (χ4v) is 3.12. The molecule has 0 fully saturated rings. The highest BCUT2D eigenvalue weighted by molar-refractivity contribution is 6.15. The van der Waals surface area contributed by atoms with Crippen LogP contribution in [0.3, 0.4) is 0 Å². The molecule has 0 bridgehead atoms. The van der Waals surface area contributed by atoms with E-state index in [1.807, 2.05) is 61.7 Å². The molecule has 0 atom stereocenters. The molecule has 0 aliphatic carbocycles. The third-order valence-electron chi connectivity index (χ3n) is 4.30. The van der Waals surface area contributed by atoms with E-state index in [4.69, 9.17) is 0 Å². The zero-order valence-electron chi connectivity index (χ0n) is 13.7. The van der Waals surface area contributed by atoms with Gasteiger partial charge in [0.25, 0.3) is 0 Å². The highest BCUT2D eigenvalue weighted by Crippen LogP contribution is 2.22. The van der Waals surface area contributed by atoms with E-state index in [1.54, 1.807) is 0 Å². The van der Waals surface area contributed by atoms with Crippen molar-refractivity contribution in [3.63, 3.8) is 0 Å². The van der Waals surface area contributed by atoms with Crippen molar-refractivity contribution >= 4 is 27.6 Å². The van der Waals surface area contributed by atoms with Crippen LogP contribution < -0.4 is 0 Å². The quantitative estimate of drug-likeness (QED) is 0.534. The second kappa shape index (κ2) is 5.57. The molecule has 0 amide bonds. The molecule has 0 radical (unpaired) electrons. The van der Waals surface area contributed by atoms with Gasteiger partial charge in [-0.25, -0.2) is 9.97 Å². The first-order chi connectivity index (χ1) is 11.7. The summed E-state index contributed by atoms with van der Waals surface area (Å²) < 4.78 is 2.16. The monoisotopic (exact) mass is 315 g/mol. The molecule has 0 N–H and O–H groups in total. The molecule has 2 aromatic carbocycles. The summed E-state index contributed by atoms with van der Waals surface area (Å²) in [7, 11) is 0. The second-order valence-corrected chi connectivity index (χ2v) is 5.84. The molecular weight excluding hydrogens is 298 g/mol. The number of aromatic nitrogens is 3. The summed E-state index contributed by atoms with van der Waals surface area (Å²) in [6, 6.07) is 15.5. The highest BCUT2D eigenvalue weighted by atomic mass is 16.1. The number of hydrogen-bond donors (Lipinski definition) is 0. The van der Waals surface area contributed by atoms with Gasteiger partial charge in [-0.15, -0.1) is 0 Å². The number of carbonyl (C=O) groups excluding carboxylic acids is 1. The first kappa shape index (κ1) is 14.6. The number of carbonyl (C=O) groups is 1. The molecule has 24 heavy (non-hydrogen) atoms. The molecule has 4 rings (SSSR count). The average Bonchev–Trinajstić information content (AvgIpc) is 3.02. The van der Waals surface area contributed by atoms with E-state index < -0.39 is 0 Å². The van der Waals surface area contributed by atoms with Crippen molar-refractivity contribution in [1.82, 2.24) is 14.5 Å². The van der Waals surface area contributed by atoms with E-state index in [2.05, 4.69) is 21.5 Å². The van der Waals surface area contributed by atoms with Gasteiger partial charge >= 0.3 is 0 Å². The normalized spacial score (nSPS) is 11.2. The van der Waals surface area contributed by atoms with Crippen molar-refractivity contribution in [1.29, 1.82) is 0 Å². The summed E-state index contributed by atoms with van der Waals surface area (Å²) in [5.41, 5.74) is 3.05. The van der Waals surface area contributed by atoms with Gasteiger partial charge in [0, 0.05) is 34.6 Å². The Hall–Kier alpha value is -3.01. The molecule has 0 saturated carbocycles. The Balaban J connectivity index is 1.87. The summed E-state index contributed by atoms with van der Waals surface area (Å²) in [5.74, 6) is 0.540. The zero-order chi connectivity index (χ0) is 16.7. The Morgan fingerprint density at radius 2 is 1.92 bits per heavy atom. The Kier molecular flexibility index (Phi) is 3.38. The minimum Gasteiger partial charge on any atom is -0.348 e. The Morgan fingerprint density at radius 3 is 2.75 bits per heavy atom. The van der Waals surface area contributed by atoms with Crippen LogP contribution in [0, 0.1) is 6.92 Å². The van der Waals surface area contributed by atoms with Crippen LogP contribution in [0.4, 0.5) is 0 Å². The van der Waals surface area contributed by atoms with Crippen molar-refractivity contribution in [2.45, 2.75) is 20.4 Å². The molecule has 4 aromatic rings. The number of rotatable bonds is 3. The lowest BCUT2D eigenvalue weighted by Crippen LogP contribution is -2.07. The molecule has 4 heteroatoms. The van der Waals surface area contributed by atoms with Gasteiger partial charge in [-0.3, -0.25) is 4.79 Å². The van der Waals surface area contributed by atoms with Gasteiger partial charge in [0.2, 0.25) is 5.78 Å². The molecule has 0 spiro atoms. The SMILES string of the molecule is CCn1ccc2cc(C(=O)c3nc(C)nc4ccccc34)ccc21. The minimum absolute atomic E-state index is 0.0668. The topological polar surface area (TPSA) is 47.8 Å². The third kappa shape index (κ3) is 2.27. The number of hydrogen-bond acceptors (Lipinski definition) is 3. The summed E-state index contributed by atoms with van der Waals surface area (Å²) in [6.07, 6.45) is 2.04. The minimum atomic E-state index is -0.0668. The summed E-state index contributed by atoms with van der Waals surface area (Å²) in [6.45, 7) is 4.83. The number of benzene rings is 2. The number of ketones is 1. The van der Waals surface area contributed by atoms with E-state index in [0.29, 0.717) is 17.1 Å². The van der Waals surface area contributed by atoms with Crippen molar-refractivity contribution in [3.05, 3.63) is 71.8 Å². The van der Waals surface area contributed by atoms with E-state index in [0.717, 1.165) is 28.4 Å². The molecule has 4 nitrogen and oxygen atoms in total. The van der Waals surface area contributed by atoms with Crippen LogP contribution in [0.25, 0.3) is 21.8 Å². The van der Waals surface area contributed by atoms with Gasteiger partial charge in [0.1, 0.15) is 11.5 Å². The third-order valence-corrected chi connectivity index (χ3v) is 4.30. The van der Waals surface area contributed by atoms with Crippen LogP contribution in [0.5, 0.6) is 0 Å². The van der Waals surface area contributed by atoms with Crippen molar-refractivity contribution < 1.29 is 4.79 Å². The van der Waals surface area contributed by atoms with E-state index in [-0.39, 0.29) is 5.78 Å². The highest BCUT2D eigenvalue weighted by Gasteiger charge is 2.16. The Morgan fingerprint density at radius 1 is 1.08 bits per heavy atom. The predicted octanol–water partition coefficient (Wildman–Crippen LogP) is 4.14. The Bertz CT molecular complexity index is 1080. The summed E-state index contributed by atoms with van der Waals surface area (Å²) in [4.78, 5) is 21.9. The van der Waals surface area contributed by atoms with Gasteiger partial charge in [0.05, 0.1) is 5.52 Å². The van der Waals surface area contributed by atoms with Gasteiger partial charge < -0.3 is 4.57 Å². The van der Waals surface area contributed by atoms with Gasteiger partial charge in [-0.2, -0.15) is 0 Å². The summed E-state index contributed by atoms with van der Waals surface area (Å²) in [5, 5.41) is 1.86. The first-order valence-electron chi connectivity index (χ1n) is 8.04. The lowest BCUT2D eigenvalue weighted by molar-refractivity contribution is 0.103. The van der Waals surface area contributed by atoms with Crippen LogP contribution in [-0.4, -0.2) is 20.3 Å². The number of fused-ring (bicyclic) bond motifs is 2. The van der Waals surface area contributed by atoms with Crippen molar-refractivity contribution in [2.75, 3.05) is 0 Å². The fraction of sp³-hybridized carbons (Fsp3) is 0.150. The molecular formula is C20H17N3O. The largest absolute Gasteiger partial charge is 0.348 e. The number of aryl methyl sites for hydroxylation is 2. The molecule has 118 valence electrons. The predicted molar refractivity (Wildman–Crippen MR) is 95.3 cm³/mol. The lowest BCUT2D eigenvalue weighted by Gasteiger charge is -2.07. The van der Waals surface area contributed by atoms with Crippen LogP contribution in [-0.2, 0) is 6.54 Å². The zero-order valence-corrected chi connectivity index (χ0v) is 13.7. The van der Waals surface area contributed by atoms with E-state index in [1.165, 1.54) is 0 Å². The number of nitrogens with zero attached hydrogens (tertiary/aromatic N) is 3. The van der Waals surface area contributed by atoms with Crippen molar-refractivity contribution in [3.8, 4) is 0 Å². The maximum absolute atomic E-state index is 13.0. The lowest BCUT2D eigenvalue weighted by atomic mass is 10.0. The van der Waals surface area contributed by atoms with E-state index >= 15 is 0 Å². The van der Waals surface area contributed by atoms with Crippen LogP contribution in [0.15, 0.2) is 54.7 Å². The molecule has 0 saturated heterocycles. The van der Waals surface area contributed by atoms with Crippen LogP contribution in [0.2, 0.25) is 0 Å². The molecule has 2 aromatic heterocycles. The smallest absolute Gasteiger partial charge is 0.212 e.